The first kappa shape index (κ1) is 102. The van der Waals surface area contributed by atoms with Crippen LogP contribution in [0.2, 0.25) is 0 Å². The van der Waals surface area contributed by atoms with Gasteiger partial charge in [-0.1, -0.05) is 139 Å². The molecule has 1 saturated heterocycles. The van der Waals surface area contributed by atoms with Crippen LogP contribution < -0.4 is 71.3 Å². The van der Waals surface area contributed by atoms with Gasteiger partial charge in [-0.3, -0.25) is 92.7 Å². The number of carbonyl (C=O) groups excluding carboxylic acids is 6. The second-order valence-electron chi connectivity index (χ2n) is 33.5. The van der Waals surface area contributed by atoms with Crippen molar-refractivity contribution in [3.63, 3.8) is 0 Å². The molecule has 0 unspecified atom stereocenters. The number of halogens is 1. The molecule has 0 aliphatic carbocycles. The predicted molar refractivity (Wildman–Crippen MR) is 540 cm³/mol. The summed E-state index contributed by atoms with van der Waals surface area (Å²) in [6.07, 6.45) is 8.81. The van der Waals surface area contributed by atoms with Crippen molar-refractivity contribution in [1.82, 2.24) is 69.8 Å². The fourth-order valence-electron chi connectivity index (χ4n) is 16.1. The van der Waals surface area contributed by atoms with E-state index in [9.17, 15) is 66.7 Å². The summed E-state index contributed by atoms with van der Waals surface area (Å²) in [4.78, 5) is 171. The molecule has 12 aromatic carbocycles. The van der Waals surface area contributed by atoms with E-state index in [2.05, 4.69) is 63.2 Å². The SMILES string of the molecule is CC(C)n1ccc2ccc(C(=O)NO)cc2c1=O.Cc1cccc(Cn2ccc3ccc(C(=O)NO)cc3c2=O)c1.Cc1ccccc1-c1cccc(Cn2cnc3ccc(C(=O)CO)cc3c2=O)c1.O=C(NO)c1ccc2[nH]c(=O)n(-c3ccccc3)c(=O)c2c1.O=C(NO)c1ccc2ccn(Cc3ccccc3F)c(=O)c2c1.O=C(NO)c1ccc2ncn(CCc3cccc(N4CCOCC4)c3)c(=O)c2c1. The quantitative estimate of drug-likeness (QED) is 0.0191. The van der Waals surface area contributed by atoms with Gasteiger partial charge in [-0.05, 0) is 229 Å². The highest BCUT2D eigenvalue weighted by Crippen LogP contribution is 2.27. The molecule has 6 aromatic heterocycles. The van der Waals surface area contributed by atoms with E-state index in [0.717, 1.165) is 80.7 Å². The van der Waals surface area contributed by atoms with Crippen molar-refractivity contribution in [3.05, 3.63) is 455 Å². The standard InChI is InChI=1S/C24H20N2O3.C21H22N4O4.C18H16N2O3.C17H13FN2O3.C15H11N3O4.C13H14N2O3/c1-16-5-2-3-8-20(16)18-7-4-6-17(11-18)13-26-15-25-22-10-9-19(23(28)14-27)12-21(22)24(26)29;26-20(23-28)16-4-5-19-18(13-16)21(27)25(14-22-19)7-6-15-2-1-3-17(12-15)24-8-10-29-11-9-24;1-12-3-2-4-13(9-12)11-20-8-7-14-5-6-15(17(21)19-23)10-16(14)18(20)22;18-15-4-2-1-3-13(15)10-20-8-7-11-5-6-12(16(21)19-23)9-14(11)17(20)22;19-13(17-22)9-6-7-12-11(8-9)14(20)18(15(21)16-12)10-4-2-1-3-5-10;1-8(2)15-6-5-9-3-4-10(12(16)14-18)7-11(9)13(15)17/h2-12,15,27H,13-14H2,1H3;1-5,12-14,28H,6-11H2,(H,23,26);2-10,23H,11H2,1H3,(H,19,21);1-9,23H,10H2,(H,19,21);1-8,22H,(H,16,21)(H,17,19);3-8,18H,1-2H3,(H,14,16). The fourth-order valence-corrected chi connectivity index (χ4v) is 16.1. The number of rotatable bonds is 20. The molecule has 0 radical (unpaired) electrons. The Bertz CT molecular complexity index is 8380. The lowest BCUT2D eigenvalue weighted by Crippen LogP contribution is -2.36. The van der Waals surface area contributed by atoms with E-state index in [-0.39, 0.29) is 79.4 Å². The van der Waals surface area contributed by atoms with Crippen molar-refractivity contribution >= 4 is 106 Å². The average molecular weight is 1940 g/mol. The van der Waals surface area contributed by atoms with Crippen LogP contribution in [0.25, 0.3) is 81.8 Å². The lowest BCUT2D eigenvalue weighted by atomic mass is 9.99. The van der Waals surface area contributed by atoms with Gasteiger partial charge in [0.15, 0.2) is 5.78 Å². The molecule has 0 bridgehead atoms. The number of aliphatic hydroxyl groups is 1. The summed E-state index contributed by atoms with van der Waals surface area (Å²) in [5.41, 5.74) is 17.9. The maximum absolute atomic E-state index is 13.7. The summed E-state index contributed by atoms with van der Waals surface area (Å²) < 4.78 is 27.8. The molecule has 19 rings (SSSR count). The molecule has 7 heterocycles. The number of ketones is 1. The van der Waals surface area contributed by atoms with E-state index in [0.29, 0.717) is 91.7 Å². The third-order valence-corrected chi connectivity index (χ3v) is 23.7. The van der Waals surface area contributed by atoms with Gasteiger partial charge in [-0.25, -0.2) is 51.1 Å². The van der Waals surface area contributed by atoms with Crippen LogP contribution in [-0.4, -0.2) is 142 Å². The summed E-state index contributed by atoms with van der Waals surface area (Å²) in [7, 11) is 0. The van der Waals surface area contributed by atoms with Crippen molar-refractivity contribution in [2.75, 3.05) is 37.8 Å². The molecular formula is C108H96FN15O20. The maximum atomic E-state index is 13.7. The molecule has 144 heavy (non-hydrogen) atoms. The summed E-state index contributed by atoms with van der Waals surface area (Å²) in [5.74, 6) is -4.17. The third kappa shape index (κ3) is 24.3. The number of nitrogens with one attached hydrogen (secondary N) is 6. The zero-order chi connectivity index (χ0) is 102. The number of aromatic amines is 1. The second kappa shape index (κ2) is 47.1. The highest BCUT2D eigenvalue weighted by atomic mass is 19.1. The van der Waals surface area contributed by atoms with E-state index >= 15 is 0 Å². The maximum Gasteiger partial charge on any atom is 0.333 e. The lowest BCUT2D eigenvalue weighted by molar-refractivity contribution is 0.0702. The number of carbonyl (C=O) groups is 6. The number of hydrogen-bond acceptors (Lipinski definition) is 23. The molecule has 0 spiro atoms. The van der Waals surface area contributed by atoms with Gasteiger partial charge in [0, 0.05) is 105 Å². The van der Waals surface area contributed by atoms with Crippen molar-refractivity contribution in [2.45, 2.75) is 66.3 Å². The number of aliphatic hydroxyl groups excluding tert-OH is 1. The number of morpholine rings is 1. The van der Waals surface area contributed by atoms with Gasteiger partial charge in [0.2, 0.25) is 0 Å². The van der Waals surface area contributed by atoms with E-state index in [1.807, 2.05) is 93.6 Å². The number of para-hydroxylation sites is 1. The first-order valence-electron chi connectivity index (χ1n) is 45.0. The Morgan fingerprint density at radius 2 is 0.861 bits per heavy atom. The number of H-pyrrole nitrogens is 1. The summed E-state index contributed by atoms with van der Waals surface area (Å²) in [5, 5.41) is 56.8. The van der Waals surface area contributed by atoms with Crippen molar-refractivity contribution in [3.8, 4) is 16.8 Å². The second-order valence-corrected chi connectivity index (χ2v) is 33.5. The Hall–Kier alpha value is -18.0. The Labute approximate surface area is 816 Å². The molecular weight excluding hydrogens is 1850 g/mol. The highest BCUT2D eigenvalue weighted by Gasteiger charge is 2.20. The number of nitrogens with zero attached hydrogens (tertiary/aromatic N) is 9. The third-order valence-electron chi connectivity index (χ3n) is 23.7. The molecule has 1 fully saturated rings. The van der Waals surface area contributed by atoms with Gasteiger partial charge in [-0.15, -0.1) is 0 Å². The number of Topliss-reactive ketones (excluding diaryl/α,β-unsaturated/α-hetero) is 1. The number of hydrogen-bond donors (Lipinski definition) is 12. The van der Waals surface area contributed by atoms with Crippen LogP contribution in [0, 0.1) is 19.7 Å². The van der Waals surface area contributed by atoms with Gasteiger partial charge in [0.1, 0.15) is 12.4 Å². The van der Waals surface area contributed by atoms with Crippen LogP contribution in [-0.2, 0) is 37.3 Å². The first-order valence-corrected chi connectivity index (χ1v) is 45.0. The number of pyridine rings is 3. The van der Waals surface area contributed by atoms with Gasteiger partial charge in [-0.2, -0.15) is 0 Å². The Balaban J connectivity index is 0.000000138. The minimum Gasteiger partial charge on any atom is -0.388 e. The van der Waals surface area contributed by atoms with Crippen LogP contribution in [0.5, 0.6) is 0 Å². The monoisotopic (exact) mass is 1940 g/mol. The van der Waals surface area contributed by atoms with Crippen LogP contribution in [0.3, 0.4) is 0 Å². The van der Waals surface area contributed by atoms with Gasteiger partial charge in [0.25, 0.3) is 62.9 Å². The minimum atomic E-state index is -0.737. The highest BCUT2D eigenvalue weighted by molar-refractivity contribution is 6.02. The zero-order valence-corrected chi connectivity index (χ0v) is 77.9. The van der Waals surface area contributed by atoms with E-state index < -0.39 is 53.2 Å². The molecule has 35 nitrogen and oxygen atoms in total. The van der Waals surface area contributed by atoms with E-state index in [1.165, 1.54) is 105 Å². The summed E-state index contributed by atoms with van der Waals surface area (Å²) in [6.45, 7) is 12.0. The topological polar surface area (TPSA) is 487 Å². The molecule has 18 aromatic rings. The largest absolute Gasteiger partial charge is 0.388 e. The van der Waals surface area contributed by atoms with Gasteiger partial charge >= 0.3 is 5.69 Å². The van der Waals surface area contributed by atoms with Crippen molar-refractivity contribution in [1.29, 1.82) is 0 Å². The Kier molecular flexibility index (Phi) is 33.3. The molecule has 0 atom stereocenters. The molecule has 12 N–H and O–H groups in total. The number of ether oxygens (including phenoxy) is 1. The molecule has 730 valence electrons. The molecule has 1 aliphatic heterocycles. The molecule has 36 heteroatoms. The number of fused-ring (bicyclic) bond motifs is 6. The average Bonchev–Trinajstić information content (AvgIpc) is 0.772. The number of anilines is 1. The number of benzene rings is 12. The number of aryl methyl sites for hydroxylation is 4. The van der Waals surface area contributed by atoms with Gasteiger partial charge in [0.05, 0.1) is 83.9 Å². The Morgan fingerprint density at radius 3 is 1.42 bits per heavy atom. The fraction of sp³-hybridized carbons (Fsp3) is 0.139. The predicted octanol–water partition coefficient (Wildman–Crippen LogP) is 12.5. The van der Waals surface area contributed by atoms with E-state index in [1.54, 1.807) is 152 Å². The van der Waals surface area contributed by atoms with Crippen LogP contribution >= 0.6 is 0 Å². The van der Waals surface area contributed by atoms with Gasteiger partial charge < -0.3 is 33.4 Å². The number of hydroxylamine groups is 5. The minimum absolute atomic E-state index is 0.0530. The van der Waals surface area contributed by atoms with Crippen LogP contribution in [0.15, 0.2) is 344 Å². The number of aromatic nitrogens is 9. The molecule has 0 saturated carbocycles. The summed E-state index contributed by atoms with van der Waals surface area (Å²) in [6, 6.07) is 80.1. The first-order chi connectivity index (χ1) is 69.5. The smallest absolute Gasteiger partial charge is 0.333 e. The van der Waals surface area contributed by atoms with Crippen molar-refractivity contribution < 1.29 is 69.0 Å². The van der Waals surface area contributed by atoms with Crippen LogP contribution in [0.4, 0.5) is 10.1 Å². The summed E-state index contributed by atoms with van der Waals surface area (Å²) >= 11 is 0. The molecule has 1 aliphatic rings. The van der Waals surface area contributed by atoms with Crippen molar-refractivity contribution in [2.24, 2.45) is 0 Å². The Morgan fingerprint density at radius 1 is 0.410 bits per heavy atom. The van der Waals surface area contributed by atoms with E-state index in [4.69, 9.17) is 35.9 Å². The number of amides is 5. The normalized spacial score (nSPS) is 11.5. The lowest BCUT2D eigenvalue weighted by Gasteiger charge is -2.29. The molecule has 5 amide bonds. The zero-order valence-electron chi connectivity index (χ0n) is 77.9. The van der Waals surface area contributed by atoms with Crippen LogP contribution in [0.1, 0.15) is 115 Å².